The molecule has 0 heterocycles. The fraction of sp³-hybridized carbons (Fsp3) is 0.150. The third-order valence-electron chi connectivity index (χ3n) is 4.12. The normalized spacial score (nSPS) is 19.0. The van der Waals surface area contributed by atoms with E-state index in [1.807, 2.05) is 13.0 Å². The van der Waals surface area contributed by atoms with Crippen LogP contribution in [0.25, 0.3) is 0 Å². The Hall–Kier alpha value is -2.79. The van der Waals surface area contributed by atoms with Crippen molar-refractivity contribution in [2.45, 2.75) is 13.5 Å². The van der Waals surface area contributed by atoms with Gasteiger partial charge in [0.2, 0.25) is 0 Å². The Morgan fingerprint density at radius 1 is 1.35 bits per heavy atom. The minimum Gasteiger partial charge on any atom is -0.508 e. The summed E-state index contributed by atoms with van der Waals surface area (Å²) in [7, 11) is 0. The number of carbonyl (C=O) groups is 1. The average molecular weight is 373 g/mol. The fourth-order valence-electron chi connectivity index (χ4n) is 2.89. The molecule has 0 aromatic heterocycles. The number of fused-ring (bicyclic) bond motifs is 1. The monoisotopic (exact) mass is 372 g/mol. The standard InChI is InChI=1S/C20H18ClFN2O2/c1-12-8-18(21)16-7-3-6-15(25)10-17(16)19(12)24-20(26)23-11-13-4-2-5-14(22)9-13/h2-10,16,25H,11H2,1H3,(H2,23,24,26). The number of benzene rings is 1. The molecule has 3 N–H and O–H groups in total. The van der Waals surface area contributed by atoms with Gasteiger partial charge in [-0.2, -0.15) is 0 Å². The number of rotatable bonds is 3. The van der Waals surface area contributed by atoms with Gasteiger partial charge >= 0.3 is 6.03 Å². The van der Waals surface area contributed by atoms with Gasteiger partial charge in [0.15, 0.2) is 0 Å². The van der Waals surface area contributed by atoms with E-state index in [1.54, 1.807) is 36.4 Å². The number of aliphatic hydroxyl groups excluding tert-OH is 1. The molecule has 2 amide bonds. The first-order chi connectivity index (χ1) is 12.4. The molecular formula is C20H18ClFN2O2. The summed E-state index contributed by atoms with van der Waals surface area (Å²) in [5.41, 5.74) is 2.73. The number of hydrogen-bond acceptors (Lipinski definition) is 2. The maximum atomic E-state index is 13.2. The molecule has 3 rings (SSSR count). The predicted molar refractivity (Wildman–Crippen MR) is 99.8 cm³/mol. The van der Waals surface area contributed by atoms with Gasteiger partial charge in [0.1, 0.15) is 11.6 Å². The second-order valence-electron chi connectivity index (χ2n) is 6.08. The zero-order valence-electron chi connectivity index (χ0n) is 14.1. The lowest BCUT2D eigenvalue weighted by Crippen LogP contribution is -2.36. The molecule has 0 radical (unpaired) electrons. The highest BCUT2D eigenvalue weighted by molar-refractivity contribution is 6.30. The van der Waals surface area contributed by atoms with E-state index in [9.17, 15) is 14.3 Å². The summed E-state index contributed by atoms with van der Waals surface area (Å²) in [6.07, 6.45) is 8.52. The van der Waals surface area contributed by atoms with Gasteiger partial charge in [-0.1, -0.05) is 35.9 Å². The zero-order chi connectivity index (χ0) is 18.7. The molecule has 1 unspecified atom stereocenters. The number of allylic oxidation sites excluding steroid dienone is 8. The summed E-state index contributed by atoms with van der Waals surface area (Å²) in [6, 6.07) is 5.61. The van der Waals surface area contributed by atoms with Gasteiger partial charge in [-0.15, -0.1) is 0 Å². The first-order valence-corrected chi connectivity index (χ1v) is 8.48. The third kappa shape index (κ3) is 4.06. The molecule has 0 saturated carbocycles. The lowest BCUT2D eigenvalue weighted by Gasteiger charge is -2.25. The van der Waals surface area contributed by atoms with Crippen molar-refractivity contribution in [3.05, 3.63) is 93.7 Å². The Morgan fingerprint density at radius 3 is 2.92 bits per heavy atom. The topological polar surface area (TPSA) is 61.4 Å². The number of carbonyl (C=O) groups excluding carboxylic acids is 1. The molecule has 2 aliphatic rings. The van der Waals surface area contributed by atoms with Crippen LogP contribution in [0.4, 0.5) is 9.18 Å². The number of aliphatic hydroxyl groups is 1. The van der Waals surface area contributed by atoms with Crippen LogP contribution in [-0.2, 0) is 6.54 Å². The molecular weight excluding hydrogens is 355 g/mol. The molecule has 0 bridgehead atoms. The predicted octanol–water partition coefficient (Wildman–Crippen LogP) is 4.59. The van der Waals surface area contributed by atoms with Crippen molar-refractivity contribution >= 4 is 17.6 Å². The number of halogens is 2. The second kappa shape index (κ2) is 7.62. The molecule has 0 fully saturated rings. The molecule has 134 valence electrons. The first kappa shape index (κ1) is 18.0. The summed E-state index contributed by atoms with van der Waals surface area (Å²) in [4.78, 5) is 12.3. The minimum atomic E-state index is -0.425. The van der Waals surface area contributed by atoms with Gasteiger partial charge in [0.05, 0.1) is 0 Å². The van der Waals surface area contributed by atoms with Crippen molar-refractivity contribution in [1.82, 2.24) is 10.6 Å². The van der Waals surface area contributed by atoms with Crippen molar-refractivity contribution in [3.63, 3.8) is 0 Å². The molecule has 0 aliphatic heterocycles. The molecule has 4 nitrogen and oxygen atoms in total. The van der Waals surface area contributed by atoms with E-state index in [-0.39, 0.29) is 24.0 Å². The van der Waals surface area contributed by atoms with Crippen LogP contribution in [-0.4, -0.2) is 11.1 Å². The fourth-order valence-corrected chi connectivity index (χ4v) is 3.24. The largest absolute Gasteiger partial charge is 0.508 e. The lowest BCUT2D eigenvalue weighted by atomic mass is 9.88. The molecule has 1 aromatic rings. The number of nitrogens with one attached hydrogen (secondary N) is 2. The lowest BCUT2D eigenvalue weighted by molar-refractivity contribution is 0.243. The Kier molecular flexibility index (Phi) is 5.28. The molecule has 1 aromatic carbocycles. The molecule has 0 spiro atoms. The molecule has 6 heteroatoms. The van der Waals surface area contributed by atoms with Crippen LogP contribution in [0.2, 0.25) is 0 Å². The van der Waals surface area contributed by atoms with Crippen LogP contribution < -0.4 is 10.6 Å². The highest BCUT2D eigenvalue weighted by Gasteiger charge is 2.26. The third-order valence-corrected chi connectivity index (χ3v) is 4.47. The van der Waals surface area contributed by atoms with Gasteiger partial charge in [-0.05, 0) is 54.0 Å². The highest BCUT2D eigenvalue weighted by Crippen LogP contribution is 2.37. The van der Waals surface area contributed by atoms with Crippen molar-refractivity contribution in [1.29, 1.82) is 0 Å². The van der Waals surface area contributed by atoms with Gasteiger partial charge in [0, 0.05) is 23.2 Å². The number of urea groups is 1. The number of hydrogen-bond donors (Lipinski definition) is 3. The Bertz CT molecular complexity index is 897. The van der Waals surface area contributed by atoms with Gasteiger partial charge in [-0.3, -0.25) is 0 Å². The second-order valence-corrected chi connectivity index (χ2v) is 6.52. The summed E-state index contributed by atoms with van der Waals surface area (Å²) in [6.45, 7) is 2.02. The van der Waals surface area contributed by atoms with Crippen LogP contribution >= 0.6 is 11.6 Å². The van der Waals surface area contributed by atoms with Crippen molar-refractivity contribution in [2.24, 2.45) is 5.92 Å². The average Bonchev–Trinajstić information content (AvgIpc) is 2.78. The van der Waals surface area contributed by atoms with Gasteiger partial charge in [-0.25, -0.2) is 9.18 Å². The van der Waals surface area contributed by atoms with E-state index in [0.717, 1.165) is 5.57 Å². The van der Waals surface area contributed by atoms with E-state index < -0.39 is 6.03 Å². The summed E-state index contributed by atoms with van der Waals surface area (Å²) < 4.78 is 13.2. The Balaban J connectivity index is 1.76. The van der Waals surface area contributed by atoms with Crippen molar-refractivity contribution in [3.8, 4) is 0 Å². The molecule has 1 atom stereocenters. The summed E-state index contributed by atoms with van der Waals surface area (Å²) in [5, 5.41) is 16.0. The van der Waals surface area contributed by atoms with Crippen molar-refractivity contribution < 1.29 is 14.3 Å². The van der Waals surface area contributed by atoms with Gasteiger partial charge < -0.3 is 15.7 Å². The van der Waals surface area contributed by atoms with Crippen LogP contribution in [0, 0.1) is 11.7 Å². The highest BCUT2D eigenvalue weighted by atomic mass is 35.5. The quantitative estimate of drug-likeness (QED) is 0.726. The van der Waals surface area contributed by atoms with E-state index in [2.05, 4.69) is 10.6 Å². The first-order valence-electron chi connectivity index (χ1n) is 8.10. The van der Waals surface area contributed by atoms with Crippen molar-refractivity contribution in [2.75, 3.05) is 0 Å². The van der Waals surface area contributed by atoms with E-state index in [4.69, 9.17) is 11.6 Å². The van der Waals surface area contributed by atoms with Crippen LogP contribution in [0.3, 0.4) is 0 Å². The molecule has 26 heavy (non-hydrogen) atoms. The Labute approximate surface area is 156 Å². The smallest absolute Gasteiger partial charge is 0.319 e. The minimum absolute atomic E-state index is 0.0809. The number of amides is 2. The van der Waals surface area contributed by atoms with E-state index >= 15 is 0 Å². The summed E-state index contributed by atoms with van der Waals surface area (Å²) >= 11 is 6.33. The Morgan fingerprint density at radius 2 is 2.15 bits per heavy atom. The molecule has 0 saturated heterocycles. The maximum absolute atomic E-state index is 13.2. The van der Waals surface area contributed by atoms with Gasteiger partial charge in [0.25, 0.3) is 0 Å². The maximum Gasteiger partial charge on any atom is 0.319 e. The molecule has 2 aliphatic carbocycles. The van der Waals surface area contributed by atoms with Crippen LogP contribution in [0.1, 0.15) is 12.5 Å². The van der Waals surface area contributed by atoms with Crippen LogP contribution in [0.5, 0.6) is 0 Å². The van der Waals surface area contributed by atoms with Crippen LogP contribution in [0.15, 0.2) is 82.3 Å². The van der Waals surface area contributed by atoms with E-state index in [0.29, 0.717) is 21.9 Å². The van der Waals surface area contributed by atoms with E-state index in [1.165, 1.54) is 12.1 Å². The SMILES string of the molecule is CC1=C(NC(=O)NCc2cccc(F)c2)C2=CC(O)=CC=CC2C(Cl)=C1. The zero-order valence-corrected chi connectivity index (χ0v) is 14.8. The summed E-state index contributed by atoms with van der Waals surface area (Å²) in [5.74, 6) is -0.506.